The molecule has 0 spiro atoms. The lowest BCUT2D eigenvalue weighted by Crippen LogP contribution is -2.30. The van der Waals surface area contributed by atoms with E-state index in [9.17, 15) is 9.90 Å². The van der Waals surface area contributed by atoms with E-state index in [1.54, 1.807) is 7.11 Å². The van der Waals surface area contributed by atoms with Gasteiger partial charge in [-0.05, 0) is 23.6 Å². The van der Waals surface area contributed by atoms with Gasteiger partial charge in [0.05, 0.1) is 13.2 Å². The van der Waals surface area contributed by atoms with Crippen LogP contribution in [-0.2, 0) is 17.7 Å². The lowest BCUT2D eigenvalue weighted by Gasteiger charge is -2.21. The van der Waals surface area contributed by atoms with Crippen LogP contribution in [0.3, 0.4) is 0 Å². The maximum absolute atomic E-state index is 11.8. The van der Waals surface area contributed by atoms with E-state index < -0.39 is 0 Å². The number of hydrogen-bond acceptors (Lipinski definition) is 5. The molecule has 22 heavy (non-hydrogen) atoms. The summed E-state index contributed by atoms with van der Waals surface area (Å²) in [5.74, 6) is 0. The number of rotatable bonds is 8. The van der Waals surface area contributed by atoms with Gasteiger partial charge in [0.15, 0.2) is 0 Å². The molecule has 0 fully saturated rings. The Kier molecular flexibility index (Phi) is 6.12. The van der Waals surface area contributed by atoms with Crippen molar-refractivity contribution in [3.05, 3.63) is 45.8 Å². The minimum Gasteiger partial charge on any atom is -0.423 e. The predicted molar refractivity (Wildman–Crippen MR) is 86.1 cm³/mol. The number of aliphatic hydroxyl groups excluding tert-OH is 1. The van der Waals surface area contributed by atoms with E-state index in [0.29, 0.717) is 31.8 Å². The van der Waals surface area contributed by atoms with Crippen LogP contribution in [0.25, 0.3) is 11.0 Å². The van der Waals surface area contributed by atoms with E-state index in [1.807, 2.05) is 12.1 Å². The molecule has 0 aliphatic rings. The number of hydrogen-bond donors (Lipinski definition) is 1. The van der Waals surface area contributed by atoms with Gasteiger partial charge in [0.2, 0.25) is 0 Å². The summed E-state index contributed by atoms with van der Waals surface area (Å²) >= 11 is 0. The Labute approximate surface area is 130 Å². The number of aryl methyl sites for hydroxylation is 1. The van der Waals surface area contributed by atoms with Gasteiger partial charge in [-0.15, -0.1) is 0 Å². The average Bonchev–Trinajstić information content (AvgIpc) is 2.51. The Morgan fingerprint density at radius 3 is 2.77 bits per heavy atom. The number of benzene rings is 1. The molecule has 0 aliphatic carbocycles. The van der Waals surface area contributed by atoms with E-state index in [-0.39, 0.29) is 12.2 Å². The highest BCUT2D eigenvalue weighted by atomic mass is 16.5. The molecule has 120 valence electrons. The lowest BCUT2D eigenvalue weighted by atomic mass is 10.1. The largest absolute Gasteiger partial charge is 0.423 e. The van der Waals surface area contributed by atoms with Crippen molar-refractivity contribution in [3.63, 3.8) is 0 Å². The smallest absolute Gasteiger partial charge is 0.336 e. The number of methoxy groups -OCH3 is 1. The first-order chi connectivity index (χ1) is 10.7. The second kappa shape index (κ2) is 8.08. The van der Waals surface area contributed by atoms with E-state index >= 15 is 0 Å². The number of fused-ring (bicyclic) bond motifs is 1. The first-order valence-corrected chi connectivity index (χ1v) is 7.55. The van der Waals surface area contributed by atoms with Gasteiger partial charge in [0, 0.05) is 38.2 Å². The standard InChI is InChI=1S/C17H23NO4/c1-3-13-4-5-15-14(11-17(20)22-16(15)10-13)12-18(6-8-19)7-9-21-2/h4-5,10-11,19H,3,6-9,12H2,1-2H3. The lowest BCUT2D eigenvalue weighted by molar-refractivity contribution is 0.127. The molecule has 0 aliphatic heterocycles. The topological polar surface area (TPSA) is 62.9 Å². The summed E-state index contributed by atoms with van der Waals surface area (Å²) in [5, 5.41) is 10.1. The van der Waals surface area contributed by atoms with Crippen LogP contribution in [0.1, 0.15) is 18.1 Å². The molecule has 1 heterocycles. The molecule has 1 aromatic carbocycles. The van der Waals surface area contributed by atoms with Gasteiger partial charge >= 0.3 is 5.63 Å². The van der Waals surface area contributed by atoms with Crippen LogP contribution in [-0.4, -0.2) is 43.4 Å². The van der Waals surface area contributed by atoms with E-state index in [0.717, 1.165) is 22.9 Å². The van der Waals surface area contributed by atoms with Crippen molar-refractivity contribution in [3.8, 4) is 0 Å². The molecule has 1 N–H and O–H groups in total. The summed E-state index contributed by atoms with van der Waals surface area (Å²) in [6.45, 7) is 4.54. The van der Waals surface area contributed by atoms with Gasteiger partial charge in [0.1, 0.15) is 5.58 Å². The molecule has 0 amide bonds. The Morgan fingerprint density at radius 2 is 2.09 bits per heavy atom. The Balaban J connectivity index is 2.34. The molecule has 0 saturated heterocycles. The minimum atomic E-state index is -0.341. The average molecular weight is 305 g/mol. The highest BCUT2D eigenvalue weighted by Crippen LogP contribution is 2.20. The summed E-state index contributed by atoms with van der Waals surface area (Å²) in [7, 11) is 1.65. The van der Waals surface area contributed by atoms with Crippen LogP contribution < -0.4 is 5.63 Å². The maximum Gasteiger partial charge on any atom is 0.336 e. The van der Waals surface area contributed by atoms with Crippen LogP contribution in [0.5, 0.6) is 0 Å². The molecule has 0 saturated carbocycles. The zero-order chi connectivity index (χ0) is 15.9. The van der Waals surface area contributed by atoms with Gasteiger partial charge in [-0.25, -0.2) is 4.79 Å². The second-order valence-corrected chi connectivity index (χ2v) is 5.27. The SMILES string of the molecule is CCc1ccc2c(CN(CCO)CCOC)cc(=O)oc2c1. The first kappa shape index (κ1) is 16.7. The Morgan fingerprint density at radius 1 is 1.27 bits per heavy atom. The summed E-state index contributed by atoms with van der Waals surface area (Å²) in [6.07, 6.45) is 0.897. The third-order valence-electron chi connectivity index (χ3n) is 3.72. The van der Waals surface area contributed by atoms with Gasteiger partial charge in [-0.3, -0.25) is 4.90 Å². The van der Waals surface area contributed by atoms with E-state index in [2.05, 4.69) is 17.9 Å². The fourth-order valence-corrected chi connectivity index (χ4v) is 2.50. The molecule has 1 aromatic heterocycles. The molecular weight excluding hydrogens is 282 g/mol. The van der Waals surface area contributed by atoms with E-state index in [4.69, 9.17) is 9.15 Å². The quantitative estimate of drug-likeness (QED) is 0.753. The van der Waals surface area contributed by atoms with Gasteiger partial charge in [-0.2, -0.15) is 0 Å². The highest BCUT2D eigenvalue weighted by molar-refractivity contribution is 5.80. The summed E-state index contributed by atoms with van der Waals surface area (Å²) in [6, 6.07) is 7.51. The molecule has 0 radical (unpaired) electrons. The molecule has 0 atom stereocenters. The van der Waals surface area contributed by atoms with Crippen molar-refractivity contribution in [1.29, 1.82) is 0 Å². The van der Waals surface area contributed by atoms with Crippen LogP contribution in [0.2, 0.25) is 0 Å². The van der Waals surface area contributed by atoms with Crippen LogP contribution >= 0.6 is 0 Å². The van der Waals surface area contributed by atoms with Crippen molar-refractivity contribution < 1.29 is 14.3 Å². The van der Waals surface area contributed by atoms with Gasteiger partial charge < -0.3 is 14.3 Å². The van der Waals surface area contributed by atoms with Crippen molar-refractivity contribution in [2.75, 3.05) is 33.4 Å². The Bertz CT molecular complexity index is 665. The molecule has 2 aromatic rings. The number of aliphatic hydroxyl groups is 1. The summed E-state index contributed by atoms with van der Waals surface area (Å²) in [5.41, 5.74) is 2.34. The zero-order valence-electron chi connectivity index (χ0n) is 13.2. The molecule has 2 rings (SSSR count). The third-order valence-corrected chi connectivity index (χ3v) is 3.72. The Hall–Kier alpha value is -1.69. The van der Waals surface area contributed by atoms with Gasteiger partial charge in [0.25, 0.3) is 0 Å². The summed E-state index contributed by atoms with van der Waals surface area (Å²) in [4.78, 5) is 13.9. The van der Waals surface area contributed by atoms with Crippen LogP contribution in [0.15, 0.2) is 33.5 Å². The predicted octanol–water partition coefficient (Wildman–Crippen LogP) is 1.80. The van der Waals surface area contributed by atoms with Crippen molar-refractivity contribution >= 4 is 11.0 Å². The third kappa shape index (κ3) is 4.16. The molecule has 5 heteroatoms. The number of ether oxygens (including phenoxy) is 1. The van der Waals surface area contributed by atoms with E-state index in [1.165, 1.54) is 6.07 Å². The van der Waals surface area contributed by atoms with Crippen molar-refractivity contribution in [1.82, 2.24) is 4.90 Å². The molecule has 0 bridgehead atoms. The first-order valence-electron chi connectivity index (χ1n) is 7.55. The number of nitrogens with zero attached hydrogens (tertiary/aromatic N) is 1. The maximum atomic E-state index is 11.8. The van der Waals surface area contributed by atoms with Crippen LogP contribution in [0.4, 0.5) is 0 Å². The normalized spacial score (nSPS) is 11.5. The fourth-order valence-electron chi connectivity index (χ4n) is 2.50. The van der Waals surface area contributed by atoms with Crippen molar-refractivity contribution in [2.45, 2.75) is 19.9 Å². The molecule has 0 unspecified atom stereocenters. The fraction of sp³-hybridized carbons (Fsp3) is 0.471. The van der Waals surface area contributed by atoms with Crippen molar-refractivity contribution in [2.24, 2.45) is 0 Å². The highest BCUT2D eigenvalue weighted by Gasteiger charge is 2.11. The van der Waals surface area contributed by atoms with Crippen LogP contribution in [0, 0.1) is 0 Å². The summed E-state index contributed by atoms with van der Waals surface area (Å²) < 4.78 is 10.4. The molecular formula is C17H23NO4. The monoisotopic (exact) mass is 305 g/mol. The van der Waals surface area contributed by atoms with Gasteiger partial charge in [-0.1, -0.05) is 19.1 Å². The minimum absolute atomic E-state index is 0.0725. The molecule has 5 nitrogen and oxygen atoms in total. The second-order valence-electron chi connectivity index (χ2n) is 5.27. The zero-order valence-corrected chi connectivity index (χ0v) is 13.2.